The van der Waals surface area contributed by atoms with Crippen LogP contribution in [0, 0.1) is 0 Å². The third-order valence-corrected chi connectivity index (χ3v) is 2.29. The van der Waals surface area contributed by atoms with Crippen molar-refractivity contribution >= 4 is 11.4 Å². The molecule has 0 saturated heterocycles. The van der Waals surface area contributed by atoms with Crippen LogP contribution in [-0.4, -0.2) is 28.2 Å². The Labute approximate surface area is 86.1 Å². The van der Waals surface area contributed by atoms with Crippen LogP contribution in [0.3, 0.4) is 0 Å². The van der Waals surface area contributed by atoms with Crippen LogP contribution in [0.1, 0.15) is 5.56 Å². The second-order valence-electron chi connectivity index (χ2n) is 3.77. The first-order valence-electron chi connectivity index (χ1n) is 4.74. The minimum absolute atomic E-state index is 0.571. The number of rotatable bonds is 3. The summed E-state index contributed by atoms with van der Waals surface area (Å²) in [6.45, 7) is 0.571. The summed E-state index contributed by atoms with van der Waals surface area (Å²) < 4.78 is 0. The molecule has 14 heavy (non-hydrogen) atoms. The van der Waals surface area contributed by atoms with Crippen LogP contribution in [0.15, 0.2) is 18.2 Å². The van der Waals surface area contributed by atoms with E-state index in [9.17, 15) is 0 Å². The van der Waals surface area contributed by atoms with E-state index in [2.05, 4.69) is 28.0 Å². The Morgan fingerprint density at radius 3 is 1.71 bits per heavy atom. The molecule has 0 atom stereocenters. The molecule has 1 rings (SSSR count). The number of benzene rings is 1. The van der Waals surface area contributed by atoms with E-state index in [4.69, 9.17) is 5.73 Å². The summed E-state index contributed by atoms with van der Waals surface area (Å²) in [4.78, 5) is 4.18. The van der Waals surface area contributed by atoms with Crippen LogP contribution >= 0.6 is 0 Å². The van der Waals surface area contributed by atoms with E-state index in [-0.39, 0.29) is 0 Å². The van der Waals surface area contributed by atoms with E-state index in [1.54, 1.807) is 0 Å². The highest BCUT2D eigenvalue weighted by molar-refractivity contribution is 5.66. The zero-order valence-electron chi connectivity index (χ0n) is 9.41. The lowest BCUT2D eigenvalue weighted by Gasteiger charge is -2.23. The van der Waals surface area contributed by atoms with Crippen LogP contribution < -0.4 is 15.5 Å². The first kappa shape index (κ1) is 10.9. The van der Waals surface area contributed by atoms with Crippen molar-refractivity contribution in [3.8, 4) is 0 Å². The Kier molecular flexibility index (Phi) is 3.36. The minimum atomic E-state index is 0.571. The smallest absolute Gasteiger partial charge is 0.0427 e. The fourth-order valence-corrected chi connectivity index (χ4v) is 1.61. The third kappa shape index (κ3) is 1.99. The number of nitrogens with two attached hydrogens (primary N) is 1. The lowest BCUT2D eigenvalue weighted by molar-refractivity contribution is 0.998. The highest BCUT2D eigenvalue weighted by atomic mass is 15.1. The Morgan fingerprint density at radius 2 is 1.43 bits per heavy atom. The zero-order chi connectivity index (χ0) is 10.7. The number of hydrogen-bond acceptors (Lipinski definition) is 3. The molecule has 0 heterocycles. The molecule has 0 aliphatic carbocycles. The molecule has 78 valence electrons. The average Bonchev–Trinajstić information content (AvgIpc) is 2.16. The second kappa shape index (κ2) is 4.33. The summed E-state index contributed by atoms with van der Waals surface area (Å²) in [5, 5.41) is 0. The van der Waals surface area contributed by atoms with Gasteiger partial charge in [-0.3, -0.25) is 0 Å². The maximum atomic E-state index is 5.77. The van der Waals surface area contributed by atoms with Gasteiger partial charge in [0.2, 0.25) is 0 Å². The van der Waals surface area contributed by atoms with Gasteiger partial charge in [-0.2, -0.15) is 0 Å². The second-order valence-corrected chi connectivity index (χ2v) is 3.77. The minimum Gasteiger partial charge on any atom is -0.377 e. The Hall–Kier alpha value is -1.22. The zero-order valence-corrected chi connectivity index (χ0v) is 9.41. The lowest BCUT2D eigenvalue weighted by atomic mass is 10.1. The third-order valence-electron chi connectivity index (χ3n) is 2.29. The van der Waals surface area contributed by atoms with Crippen molar-refractivity contribution in [2.24, 2.45) is 5.73 Å². The molecule has 0 bridgehead atoms. The molecule has 2 N–H and O–H groups in total. The van der Waals surface area contributed by atoms with E-state index in [0.717, 1.165) is 0 Å². The van der Waals surface area contributed by atoms with Gasteiger partial charge in [0.05, 0.1) is 0 Å². The van der Waals surface area contributed by atoms with Crippen LogP contribution in [0.4, 0.5) is 11.4 Å². The SMILES string of the molecule is CN(C)c1cccc(N(C)C)c1CN. The molecule has 0 fully saturated rings. The molecule has 3 heteroatoms. The Bertz CT molecular complexity index is 279. The summed E-state index contributed by atoms with van der Waals surface area (Å²) >= 11 is 0. The molecule has 3 nitrogen and oxygen atoms in total. The highest BCUT2D eigenvalue weighted by Gasteiger charge is 2.09. The Balaban J connectivity index is 3.25. The maximum Gasteiger partial charge on any atom is 0.0427 e. The van der Waals surface area contributed by atoms with Crippen molar-refractivity contribution in [2.75, 3.05) is 38.0 Å². The van der Waals surface area contributed by atoms with Gasteiger partial charge in [0, 0.05) is 51.7 Å². The molecule has 0 unspecified atom stereocenters. The summed E-state index contributed by atoms with van der Waals surface area (Å²) in [6, 6.07) is 6.24. The predicted molar refractivity (Wildman–Crippen MR) is 63.0 cm³/mol. The van der Waals surface area contributed by atoms with Crippen LogP contribution in [0.5, 0.6) is 0 Å². The summed E-state index contributed by atoms with van der Waals surface area (Å²) in [7, 11) is 8.14. The van der Waals surface area contributed by atoms with Gasteiger partial charge in [-0.15, -0.1) is 0 Å². The summed E-state index contributed by atoms with van der Waals surface area (Å²) in [6.07, 6.45) is 0. The molecule has 0 radical (unpaired) electrons. The number of hydrogen-bond donors (Lipinski definition) is 1. The van der Waals surface area contributed by atoms with Gasteiger partial charge in [0.1, 0.15) is 0 Å². The van der Waals surface area contributed by atoms with Gasteiger partial charge in [0.15, 0.2) is 0 Å². The fourth-order valence-electron chi connectivity index (χ4n) is 1.61. The van der Waals surface area contributed by atoms with Crippen molar-refractivity contribution in [1.82, 2.24) is 0 Å². The van der Waals surface area contributed by atoms with Gasteiger partial charge in [-0.25, -0.2) is 0 Å². The van der Waals surface area contributed by atoms with Gasteiger partial charge < -0.3 is 15.5 Å². The molecule has 1 aromatic rings. The molecule has 0 spiro atoms. The number of anilines is 2. The van der Waals surface area contributed by atoms with Gasteiger partial charge in [-0.05, 0) is 12.1 Å². The monoisotopic (exact) mass is 193 g/mol. The normalized spacial score (nSPS) is 10.1. The van der Waals surface area contributed by atoms with E-state index >= 15 is 0 Å². The highest BCUT2D eigenvalue weighted by Crippen LogP contribution is 2.27. The summed E-state index contributed by atoms with van der Waals surface area (Å²) in [5.41, 5.74) is 9.36. The fraction of sp³-hybridized carbons (Fsp3) is 0.455. The molecule has 0 aliphatic heterocycles. The number of nitrogens with zero attached hydrogens (tertiary/aromatic N) is 2. The summed E-state index contributed by atoms with van der Waals surface area (Å²) in [5.74, 6) is 0. The topological polar surface area (TPSA) is 32.5 Å². The standard InChI is InChI=1S/C11H19N3/c1-13(2)10-6-5-7-11(14(3)4)9(10)8-12/h5-7H,8,12H2,1-4H3. The molecule has 0 amide bonds. The van der Waals surface area contributed by atoms with Gasteiger partial charge >= 0.3 is 0 Å². The van der Waals surface area contributed by atoms with Crippen molar-refractivity contribution in [1.29, 1.82) is 0 Å². The average molecular weight is 193 g/mol. The van der Waals surface area contributed by atoms with Crippen LogP contribution in [0.25, 0.3) is 0 Å². The van der Waals surface area contributed by atoms with E-state index < -0.39 is 0 Å². The molecule has 0 aliphatic rings. The van der Waals surface area contributed by atoms with E-state index in [1.807, 2.05) is 28.2 Å². The molecule has 0 aromatic heterocycles. The molecular weight excluding hydrogens is 174 g/mol. The van der Waals surface area contributed by atoms with Crippen LogP contribution in [-0.2, 0) is 6.54 Å². The predicted octanol–water partition coefficient (Wildman–Crippen LogP) is 1.28. The van der Waals surface area contributed by atoms with Crippen molar-refractivity contribution in [3.05, 3.63) is 23.8 Å². The van der Waals surface area contributed by atoms with Crippen molar-refractivity contribution in [3.63, 3.8) is 0 Å². The van der Waals surface area contributed by atoms with E-state index in [0.29, 0.717) is 6.54 Å². The first-order chi connectivity index (χ1) is 6.57. The van der Waals surface area contributed by atoms with Crippen molar-refractivity contribution in [2.45, 2.75) is 6.54 Å². The van der Waals surface area contributed by atoms with Gasteiger partial charge in [-0.1, -0.05) is 6.07 Å². The Morgan fingerprint density at radius 1 is 1.00 bits per heavy atom. The van der Waals surface area contributed by atoms with Gasteiger partial charge in [0.25, 0.3) is 0 Å². The molecule has 1 aromatic carbocycles. The quantitative estimate of drug-likeness (QED) is 0.785. The lowest BCUT2D eigenvalue weighted by Crippen LogP contribution is -2.18. The van der Waals surface area contributed by atoms with E-state index in [1.165, 1.54) is 16.9 Å². The first-order valence-corrected chi connectivity index (χ1v) is 4.74. The molecule has 0 saturated carbocycles. The maximum absolute atomic E-state index is 5.77. The van der Waals surface area contributed by atoms with Crippen LogP contribution in [0.2, 0.25) is 0 Å². The van der Waals surface area contributed by atoms with Crippen molar-refractivity contribution < 1.29 is 0 Å². The largest absolute Gasteiger partial charge is 0.377 e. The molecular formula is C11H19N3.